The van der Waals surface area contributed by atoms with E-state index in [2.05, 4.69) is 30.7 Å². The predicted octanol–water partition coefficient (Wildman–Crippen LogP) is 2.08. The summed E-state index contributed by atoms with van der Waals surface area (Å²) >= 11 is 0. The van der Waals surface area contributed by atoms with Gasteiger partial charge in [0, 0.05) is 19.3 Å². The third-order valence-corrected chi connectivity index (χ3v) is 4.42. The highest BCUT2D eigenvalue weighted by atomic mass is 16.2. The first kappa shape index (κ1) is 15.5. The van der Waals surface area contributed by atoms with Gasteiger partial charge in [-0.25, -0.2) is 4.98 Å². The van der Waals surface area contributed by atoms with E-state index in [1.807, 2.05) is 4.90 Å². The molecule has 0 bridgehead atoms. The third-order valence-electron chi connectivity index (χ3n) is 4.42. The number of rotatable bonds is 2. The minimum Gasteiger partial charge on any atom is -0.384 e. The summed E-state index contributed by atoms with van der Waals surface area (Å²) in [6.07, 6.45) is 4.81. The van der Waals surface area contributed by atoms with E-state index in [1.54, 1.807) is 18.3 Å². The lowest BCUT2D eigenvalue weighted by Crippen LogP contribution is -2.42. The van der Waals surface area contributed by atoms with E-state index in [0.717, 1.165) is 32.4 Å². The van der Waals surface area contributed by atoms with Gasteiger partial charge in [0.25, 0.3) is 5.91 Å². The molecule has 0 aromatic carbocycles. The van der Waals surface area contributed by atoms with Crippen LogP contribution < -0.4 is 0 Å². The number of piperidine rings is 1. The van der Waals surface area contributed by atoms with Crippen LogP contribution in [0, 0.1) is 17.3 Å². The van der Waals surface area contributed by atoms with Crippen LogP contribution in [-0.4, -0.2) is 40.6 Å². The SMILES string of the molecule is CCC1(C)CCN(C(=O)c2ncccc2C#CCO)CC1. The number of aliphatic hydroxyl groups excluding tert-OH is 1. The van der Waals surface area contributed by atoms with Crippen molar-refractivity contribution in [2.75, 3.05) is 19.7 Å². The number of carbonyl (C=O) groups excluding carboxylic acids is 1. The average molecular weight is 286 g/mol. The minimum absolute atomic E-state index is 0.0593. The Hall–Kier alpha value is -1.86. The van der Waals surface area contributed by atoms with Gasteiger partial charge in [0.15, 0.2) is 0 Å². The van der Waals surface area contributed by atoms with E-state index in [-0.39, 0.29) is 12.5 Å². The molecule has 4 heteroatoms. The molecule has 0 spiro atoms. The molecule has 21 heavy (non-hydrogen) atoms. The summed E-state index contributed by atoms with van der Waals surface area (Å²) in [4.78, 5) is 18.7. The lowest BCUT2D eigenvalue weighted by Gasteiger charge is -2.38. The molecule has 1 fully saturated rings. The van der Waals surface area contributed by atoms with Crippen LogP contribution in [0.3, 0.4) is 0 Å². The molecular formula is C17H22N2O2. The minimum atomic E-state index is -0.221. The number of aliphatic hydroxyl groups is 1. The molecular weight excluding hydrogens is 264 g/mol. The number of pyridine rings is 1. The highest BCUT2D eigenvalue weighted by Crippen LogP contribution is 2.34. The molecule has 1 aromatic rings. The van der Waals surface area contributed by atoms with Crippen molar-refractivity contribution >= 4 is 5.91 Å². The Morgan fingerprint density at radius 1 is 1.48 bits per heavy atom. The van der Waals surface area contributed by atoms with Gasteiger partial charge in [-0.2, -0.15) is 0 Å². The van der Waals surface area contributed by atoms with Crippen molar-refractivity contribution in [3.63, 3.8) is 0 Å². The van der Waals surface area contributed by atoms with Crippen LogP contribution in [0.1, 0.15) is 49.2 Å². The summed E-state index contributed by atoms with van der Waals surface area (Å²) in [6.45, 7) is 5.81. The highest BCUT2D eigenvalue weighted by molar-refractivity contribution is 5.94. The second-order valence-corrected chi connectivity index (χ2v) is 5.82. The highest BCUT2D eigenvalue weighted by Gasteiger charge is 2.31. The molecule has 0 unspecified atom stereocenters. The zero-order chi connectivity index (χ0) is 15.3. The number of likely N-dealkylation sites (tertiary alicyclic amines) is 1. The van der Waals surface area contributed by atoms with Gasteiger partial charge in [-0.05, 0) is 30.4 Å². The van der Waals surface area contributed by atoms with Crippen molar-refractivity contribution in [2.45, 2.75) is 33.1 Å². The monoisotopic (exact) mass is 286 g/mol. The van der Waals surface area contributed by atoms with Gasteiger partial charge in [0.2, 0.25) is 0 Å². The van der Waals surface area contributed by atoms with E-state index in [9.17, 15) is 4.79 Å². The maximum absolute atomic E-state index is 12.6. The summed E-state index contributed by atoms with van der Waals surface area (Å²) in [7, 11) is 0. The Balaban J connectivity index is 2.15. The van der Waals surface area contributed by atoms with Gasteiger partial charge in [0.05, 0.1) is 5.56 Å². The van der Waals surface area contributed by atoms with Crippen LogP contribution in [-0.2, 0) is 0 Å². The number of aromatic nitrogens is 1. The van der Waals surface area contributed by atoms with Crippen molar-refractivity contribution < 1.29 is 9.90 Å². The fraction of sp³-hybridized carbons (Fsp3) is 0.529. The Morgan fingerprint density at radius 2 is 2.19 bits per heavy atom. The summed E-state index contributed by atoms with van der Waals surface area (Å²) in [5.41, 5.74) is 1.32. The summed E-state index contributed by atoms with van der Waals surface area (Å²) in [5, 5.41) is 8.80. The van der Waals surface area contributed by atoms with Gasteiger partial charge in [0.1, 0.15) is 12.3 Å². The average Bonchev–Trinajstić information content (AvgIpc) is 2.53. The Bertz CT molecular complexity index is 564. The fourth-order valence-corrected chi connectivity index (χ4v) is 2.56. The van der Waals surface area contributed by atoms with Crippen molar-refractivity contribution in [1.82, 2.24) is 9.88 Å². The smallest absolute Gasteiger partial charge is 0.273 e. The summed E-state index contributed by atoms with van der Waals surface area (Å²) < 4.78 is 0. The van der Waals surface area contributed by atoms with E-state index in [0.29, 0.717) is 16.7 Å². The maximum atomic E-state index is 12.6. The van der Waals surface area contributed by atoms with E-state index >= 15 is 0 Å². The first-order chi connectivity index (χ1) is 10.1. The van der Waals surface area contributed by atoms with E-state index < -0.39 is 0 Å². The standard InChI is InChI=1S/C17H22N2O2/c1-3-17(2)8-11-19(12-9-17)16(21)15-14(7-5-13-20)6-4-10-18-15/h4,6,10,20H,3,8-9,11-13H2,1-2H3. The van der Waals surface area contributed by atoms with E-state index in [4.69, 9.17) is 5.11 Å². The van der Waals surface area contributed by atoms with Crippen LogP contribution >= 0.6 is 0 Å². The topological polar surface area (TPSA) is 53.4 Å². The molecule has 0 aliphatic carbocycles. The van der Waals surface area contributed by atoms with Gasteiger partial charge in [-0.15, -0.1) is 0 Å². The normalized spacial score (nSPS) is 17.0. The van der Waals surface area contributed by atoms with Crippen LogP contribution in [0.15, 0.2) is 18.3 Å². The van der Waals surface area contributed by atoms with Crippen molar-refractivity contribution in [1.29, 1.82) is 0 Å². The molecule has 2 rings (SSSR count). The molecule has 0 saturated carbocycles. The summed E-state index contributed by atoms with van der Waals surface area (Å²) in [6, 6.07) is 3.52. The second-order valence-electron chi connectivity index (χ2n) is 5.82. The number of hydrogen-bond donors (Lipinski definition) is 1. The van der Waals surface area contributed by atoms with Gasteiger partial charge < -0.3 is 10.0 Å². The fourth-order valence-electron chi connectivity index (χ4n) is 2.56. The Morgan fingerprint density at radius 3 is 2.81 bits per heavy atom. The molecule has 2 heterocycles. The van der Waals surface area contributed by atoms with Crippen LogP contribution in [0.5, 0.6) is 0 Å². The lowest BCUT2D eigenvalue weighted by atomic mass is 9.78. The second kappa shape index (κ2) is 6.73. The molecule has 1 amide bonds. The molecule has 0 atom stereocenters. The zero-order valence-electron chi connectivity index (χ0n) is 12.7. The molecule has 1 aliphatic heterocycles. The molecule has 1 aliphatic rings. The van der Waals surface area contributed by atoms with Crippen molar-refractivity contribution in [3.05, 3.63) is 29.6 Å². The first-order valence-corrected chi connectivity index (χ1v) is 7.43. The Kier molecular flexibility index (Phi) is 4.98. The third kappa shape index (κ3) is 3.62. The molecule has 1 saturated heterocycles. The zero-order valence-corrected chi connectivity index (χ0v) is 12.7. The summed E-state index contributed by atoms with van der Waals surface area (Å²) in [5.74, 6) is 5.32. The quantitative estimate of drug-likeness (QED) is 0.847. The first-order valence-electron chi connectivity index (χ1n) is 7.43. The predicted molar refractivity (Wildman–Crippen MR) is 81.7 cm³/mol. The van der Waals surface area contributed by atoms with Gasteiger partial charge in [-0.1, -0.05) is 32.1 Å². The molecule has 1 N–H and O–H groups in total. The van der Waals surface area contributed by atoms with Gasteiger partial charge >= 0.3 is 0 Å². The van der Waals surface area contributed by atoms with Crippen LogP contribution in [0.2, 0.25) is 0 Å². The number of amides is 1. The maximum Gasteiger partial charge on any atom is 0.273 e. The van der Waals surface area contributed by atoms with Crippen LogP contribution in [0.4, 0.5) is 0 Å². The van der Waals surface area contributed by atoms with Gasteiger partial charge in [-0.3, -0.25) is 4.79 Å². The number of carbonyl (C=O) groups is 1. The molecule has 4 nitrogen and oxygen atoms in total. The molecule has 1 aromatic heterocycles. The number of hydrogen-bond acceptors (Lipinski definition) is 3. The van der Waals surface area contributed by atoms with E-state index in [1.165, 1.54) is 0 Å². The number of nitrogens with zero attached hydrogens (tertiary/aromatic N) is 2. The van der Waals surface area contributed by atoms with Crippen molar-refractivity contribution in [3.8, 4) is 11.8 Å². The molecule has 0 radical (unpaired) electrons. The molecule has 112 valence electrons. The largest absolute Gasteiger partial charge is 0.384 e. The Labute approximate surface area is 126 Å². The lowest BCUT2D eigenvalue weighted by molar-refractivity contribution is 0.0594. The van der Waals surface area contributed by atoms with Crippen molar-refractivity contribution in [2.24, 2.45) is 5.41 Å². The van der Waals surface area contributed by atoms with Crippen LogP contribution in [0.25, 0.3) is 0 Å².